The van der Waals surface area contributed by atoms with E-state index in [1.54, 1.807) is 0 Å². The zero-order valence-corrected chi connectivity index (χ0v) is 19.4. The predicted octanol–water partition coefficient (Wildman–Crippen LogP) is 4.92. The third-order valence-electron chi connectivity index (χ3n) is 4.62. The summed E-state index contributed by atoms with van der Waals surface area (Å²) in [6, 6.07) is 17.4. The van der Waals surface area contributed by atoms with Crippen molar-refractivity contribution in [1.29, 1.82) is 5.41 Å². The van der Waals surface area contributed by atoms with Crippen LogP contribution in [0, 0.1) is 24.7 Å². The van der Waals surface area contributed by atoms with E-state index in [2.05, 4.69) is 98.9 Å². The van der Waals surface area contributed by atoms with Gasteiger partial charge in [-0.15, -0.1) is 0 Å². The second kappa shape index (κ2) is 8.48. The van der Waals surface area contributed by atoms with E-state index in [1.807, 2.05) is 0 Å². The second-order valence-electron chi connectivity index (χ2n) is 8.60. The monoisotopic (exact) mass is 431 g/mol. The molecule has 0 aliphatic rings. The fourth-order valence-corrected chi connectivity index (χ4v) is 4.84. The molecule has 0 aliphatic heterocycles. The van der Waals surface area contributed by atoms with Gasteiger partial charge in [0.2, 0.25) is 0 Å². The molecule has 0 saturated heterocycles. The minimum absolute atomic E-state index is 0.0146. The summed E-state index contributed by atoms with van der Waals surface area (Å²) in [6.07, 6.45) is 0. The second-order valence-corrected chi connectivity index (χ2v) is 10.4. The Hall–Kier alpha value is -1.49. The van der Waals surface area contributed by atoms with E-state index in [0.29, 0.717) is 6.61 Å². The van der Waals surface area contributed by atoms with Gasteiger partial charge in [-0.05, 0) is 0 Å². The summed E-state index contributed by atoms with van der Waals surface area (Å²) in [5.41, 5.74) is 5.73. The summed E-state index contributed by atoms with van der Waals surface area (Å²) in [7, 11) is 0. The summed E-state index contributed by atoms with van der Waals surface area (Å²) in [5, 5.41) is 11.2. The predicted molar refractivity (Wildman–Crippen MR) is 122 cm³/mol. The summed E-state index contributed by atoms with van der Waals surface area (Å²) >= 11 is 2.47. The molecule has 0 aliphatic carbocycles. The van der Waals surface area contributed by atoms with Crippen molar-refractivity contribution in [3.8, 4) is 11.1 Å². The van der Waals surface area contributed by atoms with Gasteiger partial charge in [0.25, 0.3) is 0 Å². The van der Waals surface area contributed by atoms with Gasteiger partial charge in [-0.2, -0.15) is 0 Å². The zero-order chi connectivity index (χ0) is 20.5. The fraction of sp³-hybridized carbons (Fsp3) is 0.292. The topological polar surface area (TPSA) is 33.1 Å². The molecular weight excluding hydrogens is 404 g/mol. The molecule has 0 amide bonds. The van der Waals surface area contributed by atoms with Crippen molar-refractivity contribution < 1.29 is 4.74 Å². The van der Waals surface area contributed by atoms with Crippen molar-refractivity contribution in [3.63, 3.8) is 0 Å². The summed E-state index contributed by atoms with van der Waals surface area (Å²) in [5.74, 6) is 0.286. The molecule has 4 heteroatoms. The van der Waals surface area contributed by atoms with Gasteiger partial charge in [-0.25, -0.2) is 0 Å². The van der Waals surface area contributed by atoms with Crippen LogP contribution in [0.2, 0.25) is 0 Å². The first-order valence-corrected chi connectivity index (χ1v) is 12.2. The molecule has 0 aromatic heterocycles. The molecule has 0 bridgehead atoms. The van der Waals surface area contributed by atoms with Gasteiger partial charge in [-0.3, -0.25) is 0 Å². The molecule has 3 aromatic carbocycles. The Morgan fingerprint density at radius 3 is 2.29 bits per heavy atom. The van der Waals surface area contributed by atoms with E-state index in [9.17, 15) is 0 Å². The van der Waals surface area contributed by atoms with E-state index >= 15 is 0 Å². The number of hydrogen-bond donors (Lipinski definition) is 1. The normalized spacial score (nSPS) is 11.7. The van der Waals surface area contributed by atoms with Crippen molar-refractivity contribution in [2.45, 2.75) is 34.6 Å². The first kappa shape index (κ1) is 21.2. The molecule has 0 atom stereocenters. The summed E-state index contributed by atoms with van der Waals surface area (Å²) in [6.45, 7) is 11.2. The van der Waals surface area contributed by atoms with Crippen LogP contribution in [0.5, 0.6) is 0 Å². The molecule has 28 heavy (non-hydrogen) atoms. The Labute approximate surface area is 182 Å². The van der Waals surface area contributed by atoms with Crippen LogP contribution in [0.4, 0.5) is 0 Å². The van der Waals surface area contributed by atoms with Gasteiger partial charge < -0.3 is 0 Å². The number of benzene rings is 3. The number of rotatable bonds is 4. The quantitative estimate of drug-likeness (QED) is 0.356. The van der Waals surface area contributed by atoms with E-state index in [-0.39, 0.29) is 24.1 Å². The van der Waals surface area contributed by atoms with Crippen LogP contribution in [-0.4, -0.2) is 41.0 Å². The van der Waals surface area contributed by atoms with Crippen molar-refractivity contribution in [2.24, 2.45) is 5.41 Å². The van der Waals surface area contributed by atoms with Crippen LogP contribution >= 0.6 is 0 Å². The molecule has 0 unspecified atom stereocenters. The van der Waals surface area contributed by atoms with Crippen LogP contribution in [-0.2, 0) is 4.74 Å². The van der Waals surface area contributed by atoms with Gasteiger partial charge >= 0.3 is 183 Å². The molecule has 1 N–H and O–H groups in total. The van der Waals surface area contributed by atoms with Crippen LogP contribution in [0.25, 0.3) is 21.9 Å². The van der Waals surface area contributed by atoms with Gasteiger partial charge in [0.1, 0.15) is 0 Å². The van der Waals surface area contributed by atoms with E-state index < -0.39 is 0 Å². The first-order valence-electron chi connectivity index (χ1n) is 9.60. The van der Waals surface area contributed by atoms with Crippen LogP contribution < -0.4 is 4.46 Å². The van der Waals surface area contributed by atoms with Gasteiger partial charge in [0.15, 0.2) is 0 Å². The Morgan fingerprint density at radius 2 is 1.68 bits per heavy atom. The van der Waals surface area contributed by atoms with Crippen LogP contribution in [0.1, 0.15) is 37.5 Å². The minimum atomic E-state index is 0.0146. The Kier molecular flexibility index (Phi) is 6.43. The Balaban J connectivity index is 2.30. The maximum absolute atomic E-state index is 8.81. The fourth-order valence-electron chi connectivity index (χ4n) is 3.49. The molecule has 2 nitrogen and oxygen atoms in total. The molecule has 3 aromatic rings. The number of hydrogen-bond acceptors (Lipinski definition) is 2. The maximum atomic E-state index is 8.81. The SMILES string of the molecule is [Li][Se]c1cc2ccccc2c(-c2cc(C)cc(C)c2)c1C(=N)OCC(C)(C)C. The molecule has 0 heterocycles. The van der Waals surface area contributed by atoms with Crippen molar-refractivity contribution >= 4 is 49.7 Å². The molecular formula is C24H26LiNOSe. The standard InChI is InChI=1S/C24H27NOSe.Li/c1-15-10-16(2)12-18(11-15)21-19-9-7-6-8-17(19)13-20(27)22(21)23(25)26-14-24(3,4)5;/h6-13,25,27H,14H2,1-5H3;/q;+1/p-1. The van der Waals surface area contributed by atoms with E-state index in [1.165, 1.54) is 31.9 Å². The third kappa shape index (κ3) is 4.73. The molecule has 3 rings (SSSR count). The van der Waals surface area contributed by atoms with E-state index in [4.69, 9.17) is 10.1 Å². The zero-order valence-electron chi connectivity index (χ0n) is 17.6. The van der Waals surface area contributed by atoms with E-state index in [0.717, 1.165) is 11.1 Å². The average molecular weight is 430 g/mol. The first-order chi connectivity index (χ1) is 13.2. The number of fused-ring (bicyclic) bond motifs is 1. The molecule has 0 radical (unpaired) electrons. The summed E-state index contributed by atoms with van der Waals surface area (Å²) < 4.78 is 7.22. The Morgan fingerprint density at radius 1 is 1.04 bits per heavy atom. The Bertz CT molecular complexity index is 1020. The van der Waals surface area contributed by atoms with Crippen LogP contribution in [0.15, 0.2) is 48.5 Å². The van der Waals surface area contributed by atoms with Crippen LogP contribution in [0.3, 0.4) is 0 Å². The van der Waals surface area contributed by atoms with Crippen molar-refractivity contribution in [2.75, 3.05) is 6.61 Å². The van der Waals surface area contributed by atoms with Gasteiger partial charge in [-0.1, -0.05) is 0 Å². The molecule has 0 fully saturated rings. The number of nitrogens with one attached hydrogen (secondary N) is 1. The third-order valence-corrected chi connectivity index (χ3v) is 6.22. The molecule has 0 saturated carbocycles. The molecule has 0 spiro atoms. The number of ether oxygens (including phenoxy) is 1. The van der Waals surface area contributed by atoms with Gasteiger partial charge in [0, 0.05) is 0 Å². The summed E-state index contributed by atoms with van der Waals surface area (Å²) in [4.78, 5) is 0. The van der Waals surface area contributed by atoms with Crippen molar-refractivity contribution in [3.05, 3.63) is 65.2 Å². The molecule has 140 valence electrons. The average Bonchev–Trinajstić information content (AvgIpc) is 2.63. The van der Waals surface area contributed by atoms with Gasteiger partial charge in [0.05, 0.1) is 0 Å². The number of aryl methyl sites for hydroxylation is 2. The van der Waals surface area contributed by atoms with Crippen molar-refractivity contribution in [1.82, 2.24) is 0 Å².